The van der Waals surface area contributed by atoms with E-state index in [1.807, 2.05) is 0 Å². The number of sulfone groups is 1. The molecule has 1 aromatic rings. The maximum Gasteiger partial charge on any atom is 0.340 e. The van der Waals surface area contributed by atoms with Gasteiger partial charge in [-0.25, -0.2) is 25.9 Å². The maximum atomic E-state index is 12.8. The van der Waals surface area contributed by atoms with Crippen LogP contribution in [0.15, 0.2) is 23.1 Å². The van der Waals surface area contributed by atoms with Crippen molar-refractivity contribution in [3.63, 3.8) is 0 Å². The fourth-order valence-corrected chi connectivity index (χ4v) is 6.01. The Morgan fingerprint density at radius 3 is 2.43 bits per heavy atom. The van der Waals surface area contributed by atoms with Crippen LogP contribution in [0, 0.1) is 0 Å². The quantitative estimate of drug-likeness (QED) is 0.537. The highest BCUT2D eigenvalue weighted by Crippen LogP contribution is 2.24. The maximum absolute atomic E-state index is 12.8. The molecular weight excluding hydrogens is 456 g/mol. The molecule has 0 spiro atoms. The largest absolute Gasteiger partial charge is 0.449 e. The fourth-order valence-electron chi connectivity index (χ4n) is 3.16. The van der Waals surface area contributed by atoms with E-state index in [-0.39, 0.29) is 33.5 Å². The average molecular weight is 481 g/mol. The van der Waals surface area contributed by atoms with Crippen molar-refractivity contribution in [1.29, 1.82) is 0 Å². The number of sulfonamides is 1. The minimum Gasteiger partial charge on any atom is -0.449 e. The van der Waals surface area contributed by atoms with E-state index in [1.165, 1.54) is 38.1 Å². The molecule has 2 atom stereocenters. The second-order valence-corrected chi connectivity index (χ2v) is 11.9. The summed E-state index contributed by atoms with van der Waals surface area (Å²) in [6.45, 7) is 3.35. The lowest BCUT2D eigenvalue weighted by atomic mass is 10.2. The van der Waals surface area contributed by atoms with E-state index in [0.29, 0.717) is 6.42 Å². The van der Waals surface area contributed by atoms with Gasteiger partial charge in [-0.15, -0.1) is 0 Å². The molecule has 30 heavy (non-hydrogen) atoms. The predicted octanol–water partition coefficient (Wildman–Crippen LogP) is 1.17. The zero-order valence-electron chi connectivity index (χ0n) is 17.2. The lowest BCUT2D eigenvalue weighted by molar-refractivity contribution is -0.141. The standard InChI is InChI=1S/C18H25ClN2O7S2/c1-5-21(13-8-9-29(24,25)11-13)17(22)12(2)28-18(23)15-10-14(6-7-16(15)19)30(26,27)20(3)4/h6-7,10,12-13H,5,8-9,11H2,1-4H3. The molecule has 0 aliphatic carbocycles. The SMILES string of the molecule is CCN(C(=O)C(C)OC(=O)c1cc(S(=O)(=O)N(C)C)ccc1Cl)C1CCS(=O)(=O)C1. The Bertz CT molecular complexity index is 1040. The van der Waals surface area contributed by atoms with E-state index >= 15 is 0 Å². The highest BCUT2D eigenvalue weighted by molar-refractivity contribution is 7.91. The molecule has 0 bridgehead atoms. The molecule has 0 aromatic heterocycles. The summed E-state index contributed by atoms with van der Waals surface area (Å²) >= 11 is 6.04. The van der Waals surface area contributed by atoms with Gasteiger partial charge in [-0.2, -0.15) is 0 Å². The number of carbonyl (C=O) groups is 2. The molecule has 1 aliphatic rings. The number of esters is 1. The Labute approximate surface area is 181 Å². The van der Waals surface area contributed by atoms with E-state index < -0.39 is 43.9 Å². The Hall–Kier alpha value is -1.69. The van der Waals surface area contributed by atoms with E-state index in [1.54, 1.807) is 6.92 Å². The van der Waals surface area contributed by atoms with Crippen LogP contribution >= 0.6 is 11.6 Å². The van der Waals surface area contributed by atoms with Crippen molar-refractivity contribution in [2.45, 2.75) is 37.3 Å². The molecule has 2 unspecified atom stereocenters. The third kappa shape index (κ3) is 5.32. The van der Waals surface area contributed by atoms with E-state index in [0.717, 1.165) is 10.4 Å². The van der Waals surface area contributed by atoms with Gasteiger partial charge in [-0.3, -0.25) is 4.79 Å². The molecule has 1 saturated heterocycles. The third-order valence-electron chi connectivity index (χ3n) is 4.84. The van der Waals surface area contributed by atoms with Crippen LogP contribution in [0.25, 0.3) is 0 Å². The number of rotatable bonds is 7. The smallest absolute Gasteiger partial charge is 0.340 e. The number of amides is 1. The van der Waals surface area contributed by atoms with Crippen molar-refractivity contribution >= 4 is 43.3 Å². The van der Waals surface area contributed by atoms with Gasteiger partial charge < -0.3 is 9.64 Å². The van der Waals surface area contributed by atoms with Gasteiger partial charge in [-0.05, 0) is 38.5 Å². The molecular formula is C18H25ClN2O7S2. The number of hydrogen-bond acceptors (Lipinski definition) is 7. The summed E-state index contributed by atoms with van der Waals surface area (Å²) in [6, 6.07) is 3.16. The summed E-state index contributed by atoms with van der Waals surface area (Å²) in [5.74, 6) is -1.59. The number of halogens is 1. The first-order valence-corrected chi connectivity index (χ1v) is 12.9. The van der Waals surface area contributed by atoms with Crippen LogP contribution in [0.5, 0.6) is 0 Å². The number of nitrogens with zero attached hydrogens (tertiary/aromatic N) is 2. The van der Waals surface area contributed by atoms with Crippen molar-refractivity contribution < 1.29 is 31.2 Å². The monoisotopic (exact) mass is 480 g/mol. The van der Waals surface area contributed by atoms with Crippen LogP contribution in [-0.4, -0.2) is 82.2 Å². The number of likely N-dealkylation sites (N-methyl/N-ethyl adjacent to an activating group) is 1. The molecule has 0 saturated carbocycles. The van der Waals surface area contributed by atoms with Crippen molar-refractivity contribution in [3.8, 4) is 0 Å². The lowest BCUT2D eigenvalue weighted by Crippen LogP contribution is -2.46. The Morgan fingerprint density at radius 1 is 1.30 bits per heavy atom. The Morgan fingerprint density at radius 2 is 1.93 bits per heavy atom. The van der Waals surface area contributed by atoms with Crippen LogP contribution in [0.3, 0.4) is 0 Å². The van der Waals surface area contributed by atoms with E-state index in [9.17, 15) is 26.4 Å². The van der Waals surface area contributed by atoms with Crippen molar-refractivity contribution in [2.75, 3.05) is 32.1 Å². The van der Waals surface area contributed by atoms with Gasteiger partial charge >= 0.3 is 5.97 Å². The summed E-state index contributed by atoms with van der Waals surface area (Å²) in [7, 11) is -4.28. The number of hydrogen-bond donors (Lipinski definition) is 0. The predicted molar refractivity (Wildman–Crippen MR) is 112 cm³/mol. The average Bonchev–Trinajstić information content (AvgIpc) is 3.01. The molecule has 1 heterocycles. The number of ether oxygens (including phenoxy) is 1. The molecule has 9 nitrogen and oxygen atoms in total. The summed E-state index contributed by atoms with van der Waals surface area (Å²) in [5.41, 5.74) is -0.189. The van der Waals surface area contributed by atoms with Crippen LogP contribution in [-0.2, 0) is 29.4 Å². The first-order chi connectivity index (χ1) is 13.8. The van der Waals surface area contributed by atoms with Gasteiger partial charge in [0.25, 0.3) is 5.91 Å². The summed E-state index contributed by atoms with van der Waals surface area (Å²) < 4.78 is 54.3. The molecule has 1 aliphatic heterocycles. The molecule has 1 amide bonds. The summed E-state index contributed by atoms with van der Waals surface area (Å²) in [6.07, 6.45) is -0.871. The lowest BCUT2D eigenvalue weighted by Gasteiger charge is -2.29. The highest BCUT2D eigenvalue weighted by atomic mass is 35.5. The van der Waals surface area contributed by atoms with Crippen LogP contribution in [0.4, 0.5) is 0 Å². The van der Waals surface area contributed by atoms with Crippen molar-refractivity contribution in [3.05, 3.63) is 28.8 Å². The molecule has 0 N–H and O–H groups in total. The molecule has 12 heteroatoms. The van der Waals surface area contributed by atoms with E-state index in [4.69, 9.17) is 16.3 Å². The Kier molecular flexibility index (Phi) is 7.54. The van der Waals surface area contributed by atoms with Gasteiger partial charge in [0.2, 0.25) is 10.0 Å². The number of benzene rings is 1. The van der Waals surface area contributed by atoms with Gasteiger partial charge in [0.1, 0.15) is 0 Å². The van der Waals surface area contributed by atoms with E-state index in [2.05, 4.69) is 0 Å². The number of carbonyl (C=O) groups excluding carboxylic acids is 2. The van der Waals surface area contributed by atoms with Gasteiger partial charge in [-0.1, -0.05) is 11.6 Å². The summed E-state index contributed by atoms with van der Waals surface area (Å²) in [4.78, 5) is 26.6. The molecule has 2 rings (SSSR count). The summed E-state index contributed by atoms with van der Waals surface area (Å²) in [5, 5.41) is -0.0217. The first-order valence-electron chi connectivity index (χ1n) is 9.24. The van der Waals surface area contributed by atoms with Crippen molar-refractivity contribution in [1.82, 2.24) is 9.21 Å². The third-order valence-corrected chi connectivity index (χ3v) is 8.73. The minimum absolute atomic E-state index is 0.0123. The van der Waals surface area contributed by atoms with Crippen LogP contribution in [0.2, 0.25) is 5.02 Å². The second-order valence-electron chi connectivity index (χ2n) is 7.16. The normalized spacial score (nSPS) is 19.5. The van der Waals surface area contributed by atoms with Gasteiger partial charge in [0.05, 0.1) is 27.0 Å². The minimum atomic E-state index is -3.80. The van der Waals surface area contributed by atoms with Crippen LogP contribution in [0.1, 0.15) is 30.6 Å². The molecule has 1 aromatic carbocycles. The zero-order valence-corrected chi connectivity index (χ0v) is 19.6. The van der Waals surface area contributed by atoms with Crippen LogP contribution < -0.4 is 0 Å². The van der Waals surface area contributed by atoms with Gasteiger partial charge in [0, 0.05) is 26.7 Å². The molecule has 1 fully saturated rings. The molecule has 0 radical (unpaired) electrons. The highest BCUT2D eigenvalue weighted by Gasteiger charge is 2.36. The zero-order chi connectivity index (χ0) is 22.9. The van der Waals surface area contributed by atoms with Gasteiger partial charge in [0.15, 0.2) is 15.9 Å². The van der Waals surface area contributed by atoms with Crippen molar-refractivity contribution in [2.24, 2.45) is 0 Å². The topological polar surface area (TPSA) is 118 Å². The molecule has 168 valence electrons. The second kappa shape index (κ2) is 9.21. The Balaban J connectivity index is 2.20. The fraction of sp³-hybridized carbons (Fsp3) is 0.556. The first kappa shape index (κ1) is 24.6.